The lowest BCUT2D eigenvalue weighted by Crippen LogP contribution is -2.42. The van der Waals surface area contributed by atoms with Crippen LogP contribution < -0.4 is 11.1 Å². The van der Waals surface area contributed by atoms with Gasteiger partial charge in [0.25, 0.3) is 0 Å². The first-order valence-corrected chi connectivity index (χ1v) is 8.44. The van der Waals surface area contributed by atoms with Crippen LogP contribution in [0.25, 0.3) is 0 Å². The van der Waals surface area contributed by atoms with Gasteiger partial charge in [-0.2, -0.15) is 4.31 Å². The molecule has 3 N–H and O–H groups in total. The van der Waals surface area contributed by atoms with E-state index in [1.54, 1.807) is 6.07 Å². The molecule has 1 atom stereocenters. The summed E-state index contributed by atoms with van der Waals surface area (Å²) in [5.41, 5.74) is 5.42. The maximum Gasteiger partial charge on any atom is 0.248 e. The van der Waals surface area contributed by atoms with Crippen LogP contribution in [0.2, 0.25) is 0 Å². The van der Waals surface area contributed by atoms with Gasteiger partial charge in [0, 0.05) is 18.7 Å². The second kappa shape index (κ2) is 6.55. The van der Waals surface area contributed by atoms with E-state index in [-0.39, 0.29) is 10.5 Å². The Hall–Kier alpha value is -1.44. The van der Waals surface area contributed by atoms with E-state index in [9.17, 15) is 13.2 Å². The Labute approximate surface area is 125 Å². The molecule has 1 amide bonds. The van der Waals surface area contributed by atoms with Crippen LogP contribution in [0.4, 0.5) is 0 Å². The van der Waals surface area contributed by atoms with E-state index in [1.165, 1.54) is 22.5 Å². The van der Waals surface area contributed by atoms with Crippen LogP contribution in [-0.4, -0.2) is 45.3 Å². The highest BCUT2D eigenvalue weighted by Crippen LogP contribution is 2.23. The number of hydrogen-bond donors (Lipinski definition) is 2. The van der Waals surface area contributed by atoms with Gasteiger partial charge >= 0.3 is 0 Å². The van der Waals surface area contributed by atoms with E-state index in [1.807, 2.05) is 7.05 Å². The van der Waals surface area contributed by atoms with Crippen LogP contribution in [0.15, 0.2) is 29.2 Å². The highest BCUT2D eigenvalue weighted by Gasteiger charge is 2.30. The first-order valence-electron chi connectivity index (χ1n) is 6.99. The third kappa shape index (κ3) is 3.61. The topological polar surface area (TPSA) is 92.5 Å². The van der Waals surface area contributed by atoms with Crippen LogP contribution >= 0.6 is 0 Å². The van der Waals surface area contributed by atoms with Crippen molar-refractivity contribution in [2.24, 2.45) is 11.7 Å². The van der Waals surface area contributed by atoms with Crippen LogP contribution in [0.3, 0.4) is 0 Å². The number of nitrogens with two attached hydrogens (primary N) is 1. The highest BCUT2D eigenvalue weighted by molar-refractivity contribution is 7.89. The van der Waals surface area contributed by atoms with E-state index in [0.29, 0.717) is 19.0 Å². The molecule has 1 unspecified atom stereocenters. The number of rotatable bonds is 5. The van der Waals surface area contributed by atoms with Gasteiger partial charge in [-0.3, -0.25) is 4.79 Å². The molecule has 7 heteroatoms. The van der Waals surface area contributed by atoms with Gasteiger partial charge in [-0.25, -0.2) is 8.42 Å². The summed E-state index contributed by atoms with van der Waals surface area (Å²) in [6, 6.07) is 5.91. The second-order valence-corrected chi connectivity index (χ2v) is 7.26. The minimum absolute atomic E-state index is 0.129. The summed E-state index contributed by atoms with van der Waals surface area (Å²) in [7, 11) is -1.71. The third-order valence-corrected chi connectivity index (χ3v) is 5.59. The first kappa shape index (κ1) is 15.9. The number of carbonyl (C=O) groups excluding carboxylic acids is 1. The van der Waals surface area contributed by atoms with Gasteiger partial charge < -0.3 is 11.1 Å². The van der Waals surface area contributed by atoms with E-state index < -0.39 is 15.9 Å². The van der Waals surface area contributed by atoms with Gasteiger partial charge in [-0.05, 0) is 50.6 Å². The zero-order valence-corrected chi connectivity index (χ0v) is 12.9. The Morgan fingerprint density at radius 3 is 2.90 bits per heavy atom. The monoisotopic (exact) mass is 311 g/mol. The molecule has 1 fully saturated rings. The Morgan fingerprint density at radius 1 is 1.48 bits per heavy atom. The average molecular weight is 311 g/mol. The fraction of sp³-hybridized carbons (Fsp3) is 0.500. The van der Waals surface area contributed by atoms with Crippen LogP contribution in [0.1, 0.15) is 23.2 Å². The molecule has 116 valence electrons. The summed E-state index contributed by atoms with van der Waals surface area (Å²) in [5.74, 6) is -0.309. The summed E-state index contributed by atoms with van der Waals surface area (Å²) in [5, 5.41) is 3.09. The smallest absolute Gasteiger partial charge is 0.248 e. The second-order valence-electron chi connectivity index (χ2n) is 5.32. The number of piperidine rings is 1. The number of amides is 1. The van der Waals surface area contributed by atoms with Crippen molar-refractivity contribution in [1.29, 1.82) is 0 Å². The molecule has 2 rings (SSSR count). The number of nitrogens with one attached hydrogen (secondary N) is 1. The number of hydrogen-bond acceptors (Lipinski definition) is 4. The Balaban J connectivity index is 2.25. The standard InChI is InChI=1S/C14H21N3O3S/c1-16-9-11-4-3-7-17(10-11)21(19,20)13-6-2-5-12(8-13)14(15)18/h2,5-6,8,11,16H,3-4,7,9-10H2,1H3,(H2,15,18). The molecule has 1 aromatic carbocycles. The summed E-state index contributed by atoms with van der Waals surface area (Å²) in [6.45, 7) is 1.82. The maximum atomic E-state index is 12.7. The van der Waals surface area contributed by atoms with Crippen molar-refractivity contribution < 1.29 is 13.2 Å². The fourth-order valence-electron chi connectivity index (χ4n) is 2.66. The number of primary amides is 1. The van der Waals surface area contributed by atoms with Gasteiger partial charge in [0.2, 0.25) is 15.9 Å². The maximum absolute atomic E-state index is 12.7. The fourth-order valence-corrected chi connectivity index (χ4v) is 4.26. The number of sulfonamides is 1. The molecular formula is C14H21N3O3S. The largest absolute Gasteiger partial charge is 0.366 e. The average Bonchev–Trinajstić information content (AvgIpc) is 2.48. The van der Waals surface area contributed by atoms with Crippen molar-refractivity contribution in [3.8, 4) is 0 Å². The summed E-state index contributed by atoms with van der Waals surface area (Å²) in [6.07, 6.45) is 1.87. The lowest BCUT2D eigenvalue weighted by atomic mass is 10.00. The summed E-state index contributed by atoms with van der Waals surface area (Å²) >= 11 is 0. The van der Waals surface area contributed by atoms with Crippen molar-refractivity contribution >= 4 is 15.9 Å². The first-order chi connectivity index (χ1) is 9.95. The van der Waals surface area contributed by atoms with E-state index >= 15 is 0 Å². The van der Waals surface area contributed by atoms with Crippen molar-refractivity contribution in [2.45, 2.75) is 17.7 Å². The zero-order chi connectivity index (χ0) is 15.5. The van der Waals surface area contributed by atoms with Crippen molar-refractivity contribution in [3.63, 3.8) is 0 Å². The Morgan fingerprint density at radius 2 is 2.24 bits per heavy atom. The molecule has 1 heterocycles. The molecule has 0 saturated carbocycles. The van der Waals surface area contributed by atoms with Crippen molar-refractivity contribution in [3.05, 3.63) is 29.8 Å². The van der Waals surface area contributed by atoms with Gasteiger partial charge in [-0.15, -0.1) is 0 Å². The highest BCUT2D eigenvalue weighted by atomic mass is 32.2. The van der Waals surface area contributed by atoms with Crippen molar-refractivity contribution in [2.75, 3.05) is 26.7 Å². The molecule has 1 aliphatic heterocycles. The number of benzene rings is 1. The molecule has 0 aromatic heterocycles. The molecular weight excluding hydrogens is 290 g/mol. The Kier molecular flexibility index (Phi) is 4.97. The van der Waals surface area contributed by atoms with Crippen LogP contribution in [0, 0.1) is 5.92 Å². The van der Waals surface area contributed by atoms with Crippen LogP contribution in [-0.2, 0) is 10.0 Å². The SMILES string of the molecule is CNCC1CCCN(S(=O)(=O)c2cccc(C(N)=O)c2)C1. The Bertz CT molecular complexity index is 614. The molecule has 0 radical (unpaired) electrons. The molecule has 1 aliphatic rings. The third-order valence-electron chi connectivity index (χ3n) is 3.73. The normalized spacial score (nSPS) is 20.3. The minimum Gasteiger partial charge on any atom is -0.366 e. The predicted octanol–water partition coefficient (Wildman–Crippen LogP) is 0.406. The number of nitrogens with zero attached hydrogens (tertiary/aromatic N) is 1. The molecule has 0 bridgehead atoms. The molecule has 1 saturated heterocycles. The molecule has 0 aliphatic carbocycles. The van der Waals surface area contributed by atoms with Gasteiger partial charge in [0.15, 0.2) is 0 Å². The van der Waals surface area contributed by atoms with Crippen molar-refractivity contribution in [1.82, 2.24) is 9.62 Å². The molecule has 1 aromatic rings. The minimum atomic E-state index is -3.57. The van der Waals surface area contributed by atoms with Gasteiger partial charge in [0.1, 0.15) is 0 Å². The van der Waals surface area contributed by atoms with E-state index in [0.717, 1.165) is 19.4 Å². The van der Waals surface area contributed by atoms with Crippen LogP contribution in [0.5, 0.6) is 0 Å². The molecule has 21 heavy (non-hydrogen) atoms. The predicted molar refractivity (Wildman–Crippen MR) is 80.4 cm³/mol. The zero-order valence-electron chi connectivity index (χ0n) is 12.1. The summed E-state index contributed by atoms with van der Waals surface area (Å²) in [4.78, 5) is 11.3. The van der Waals surface area contributed by atoms with Gasteiger partial charge in [0.05, 0.1) is 4.90 Å². The quantitative estimate of drug-likeness (QED) is 0.823. The van der Waals surface area contributed by atoms with Gasteiger partial charge in [-0.1, -0.05) is 6.07 Å². The lowest BCUT2D eigenvalue weighted by molar-refractivity contribution is 0.1000. The lowest BCUT2D eigenvalue weighted by Gasteiger charge is -2.31. The summed E-state index contributed by atoms with van der Waals surface area (Å²) < 4.78 is 26.8. The van der Waals surface area contributed by atoms with E-state index in [2.05, 4.69) is 5.32 Å². The van der Waals surface area contributed by atoms with E-state index in [4.69, 9.17) is 5.73 Å². The molecule has 0 spiro atoms. The molecule has 6 nitrogen and oxygen atoms in total. The number of carbonyl (C=O) groups is 1.